The highest BCUT2D eigenvalue weighted by Crippen LogP contribution is 2.29. The molecule has 118 valence electrons. The third kappa shape index (κ3) is 3.47. The molecular formula is C14H25N5O2. The van der Waals surface area contributed by atoms with E-state index in [0.29, 0.717) is 12.2 Å². The zero-order chi connectivity index (χ0) is 15.8. The van der Waals surface area contributed by atoms with Crippen molar-refractivity contribution in [1.82, 2.24) is 9.78 Å². The van der Waals surface area contributed by atoms with Gasteiger partial charge in [0.15, 0.2) is 0 Å². The molecule has 0 amide bonds. The van der Waals surface area contributed by atoms with E-state index in [2.05, 4.69) is 10.00 Å². The van der Waals surface area contributed by atoms with Gasteiger partial charge in [0.2, 0.25) is 0 Å². The average molecular weight is 295 g/mol. The van der Waals surface area contributed by atoms with Gasteiger partial charge in [0.25, 0.3) is 0 Å². The summed E-state index contributed by atoms with van der Waals surface area (Å²) in [5.74, 6) is 0.607. The van der Waals surface area contributed by atoms with Crippen molar-refractivity contribution in [2.75, 3.05) is 23.7 Å². The molecule has 7 heteroatoms. The van der Waals surface area contributed by atoms with E-state index in [1.165, 1.54) is 0 Å². The Bertz CT molecular complexity index is 500. The van der Waals surface area contributed by atoms with Gasteiger partial charge in [-0.1, -0.05) is 0 Å². The fourth-order valence-electron chi connectivity index (χ4n) is 2.67. The minimum absolute atomic E-state index is 0.0640. The average Bonchev–Trinajstić information content (AvgIpc) is 2.93. The third-order valence-corrected chi connectivity index (χ3v) is 3.65. The third-order valence-electron chi connectivity index (χ3n) is 3.65. The number of nitrogens with two attached hydrogens (primary N) is 2. The van der Waals surface area contributed by atoms with Gasteiger partial charge in [-0.3, -0.25) is 9.48 Å². The van der Waals surface area contributed by atoms with Crippen LogP contribution in [0.15, 0.2) is 6.20 Å². The van der Waals surface area contributed by atoms with Gasteiger partial charge in [0, 0.05) is 26.1 Å². The lowest BCUT2D eigenvalue weighted by molar-refractivity contribution is -0.157. The molecule has 1 aromatic rings. The van der Waals surface area contributed by atoms with Crippen LogP contribution in [0.4, 0.5) is 11.5 Å². The van der Waals surface area contributed by atoms with E-state index in [4.69, 9.17) is 16.2 Å². The van der Waals surface area contributed by atoms with Gasteiger partial charge in [-0.15, -0.1) is 0 Å². The van der Waals surface area contributed by atoms with Crippen molar-refractivity contribution in [1.29, 1.82) is 0 Å². The molecule has 2 rings (SSSR count). The normalized spacial score (nSPS) is 20.6. The number of aromatic nitrogens is 2. The molecule has 2 atom stereocenters. The zero-order valence-corrected chi connectivity index (χ0v) is 13.2. The summed E-state index contributed by atoms with van der Waals surface area (Å²) in [5.41, 5.74) is 12.1. The molecule has 1 saturated heterocycles. The summed E-state index contributed by atoms with van der Waals surface area (Å²) in [5, 5.41) is 4.14. The first kappa shape index (κ1) is 15.6. The Labute approximate surface area is 125 Å². The standard InChI is InChI=1S/C14H25N5O2/c1-14(2,3)21-13(20)11(16)9-5-6-19(8-9)12-10(15)7-17-18(12)4/h7,9,11H,5-6,8,15-16H2,1-4H3/t9-,11?/m0/s1. The molecule has 0 saturated carbocycles. The van der Waals surface area contributed by atoms with E-state index < -0.39 is 11.6 Å². The van der Waals surface area contributed by atoms with Gasteiger partial charge >= 0.3 is 5.97 Å². The van der Waals surface area contributed by atoms with E-state index in [-0.39, 0.29) is 11.9 Å². The number of anilines is 2. The molecule has 4 N–H and O–H groups in total. The number of nitrogens with zero attached hydrogens (tertiary/aromatic N) is 3. The Balaban J connectivity index is 2.01. The smallest absolute Gasteiger partial charge is 0.323 e. The molecule has 1 aliphatic rings. The number of aryl methyl sites for hydroxylation is 1. The summed E-state index contributed by atoms with van der Waals surface area (Å²) in [4.78, 5) is 14.2. The first-order chi connectivity index (χ1) is 9.69. The lowest BCUT2D eigenvalue weighted by atomic mass is 10.00. The van der Waals surface area contributed by atoms with E-state index in [1.807, 2.05) is 27.8 Å². The minimum atomic E-state index is -0.608. The quantitative estimate of drug-likeness (QED) is 0.788. The molecule has 0 radical (unpaired) electrons. The van der Waals surface area contributed by atoms with Crippen molar-refractivity contribution in [3.63, 3.8) is 0 Å². The van der Waals surface area contributed by atoms with Gasteiger partial charge in [-0.25, -0.2) is 0 Å². The highest BCUT2D eigenvalue weighted by molar-refractivity contribution is 5.76. The van der Waals surface area contributed by atoms with Crippen LogP contribution in [0.5, 0.6) is 0 Å². The maximum absolute atomic E-state index is 12.1. The maximum atomic E-state index is 12.1. The Morgan fingerprint density at radius 2 is 2.19 bits per heavy atom. The Kier molecular flexibility index (Phi) is 4.13. The SMILES string of the molecule is Cn1ncc(N)c1N1CC[C@H](C(N)C(=O)OC(C)(C)C)C1. The first-order valence-corrected chi connectivity index (χ1v) is 7.20. The molecule has 2 heterocycles. The molecule has 1 aliphatic heterocycles. The van der Waals surface area contributed by atoms with Crippen LogP contribution in [0.25, 0.3) is 0 Å². The number of rotatable bonds is 3. The number of hydrogen-bond acceptors (Lipinski definition) is 6. The van der Waals surface area contributed by atoms with E-state index in [9.17, 15) is 4.79 Å². The van der Waals surface area contributed by atoms with Crippen LogP contribution in [0.3, 0.4) is 0 Å². The second-order valence-corrected chi connectivity index (χ2v) is 6.60. The number of hydrogen-bond donors (Lipinski definition) is 2. The van der Waals surface area contributed by atoms with Crippen molar-refractivity contribution in [3.05, 3.63) is 6.20 Å². The van der Waals surface area contributed by atoms with Gasteiger partial charge < -0.3 is 21.1 Å². The van der Waals surface area contributed by atoms with Crippen molar-refractivity contribution < 1.29 is 9.53 Å². The molecule has 0 aromatic carbocycles. The highest BCUT2D eigenvalue weighted by atomic mass is 16.6. The van der Waals surface area contributed by atoms with Crippen LogP contribution in [0.2, 0.25) is 0 Å². The van der Waals surface area contributed by atoms with Crippen molar-refractivity contribution in [2.45, 2.75) is 38.8 Å². The van der Waals surface area contributed by atoms with Crippen LogP contribution >= 0.6 is 0 Å². The molecule has 0 spiro atoms. The largest absolute Gasteiger partial charge is 0.459 e. The van der Waals surface area contributed by atoms with E-state index in [0.717, 1.165) is 18.8 Å². The van der Waals surface area contributed by atoms with Crippen LogP contribution in [-0.2, 0) is 16.6 Å². The number of carbonyl (C=O) groups excluding carboxylic acids is 1. The second kappa shape index (κ2) is 5.55. The van der Waals surface area contributed by atoms with Crippen LogP contribution in [0.1, 0.15) is 27.2 Å². The summed E-state index contributed by atoms with van der Waals surface area (Å²) in [7, 11) is 1.85. The zero-order valence-electron chi connectivity index (χ0n) is 13.2. The Hall–Kier alpha value is -1.76. The fraction of sp³-hybridized carbons (Fsp3) is 0.714. The summed E-state index contributed by atoms with van der Waals surface area (Å²) in [6.45, 7) is 7.02. The Morgan fingerprint density at radius 1 is 1.52 bits per heavy atom. The van der Waals surface area contributed by atoms with Gasteiger partial charge in [-0.05, 0) is 27.2 Å². The van der Waals surface area contributed by atoms with Crippen LogP contribution in [-0.4, -0.2) is 40.5 Å². The number of carbonyl (C=O) groups is 1. The molecule has 0 bridgehead atoms. The molecule has 1 aromatic heterocycles. The maximum Gasteiger partial charge on any atom is 0.323 e. The van der Waals surface area contributed by atoms with Crippen LogP contribution in [0, 0.1) is 5.92 Å². The predicted octanol–water partition coefficient (Wildman–Crippen LogP) is 0.498. The lowest BCUT2D eigenvalue weighted by Gasteiger charge is -2.25. The minimum Gasteiger partial charge on any atom is -0.459 e. The summed E-state index contributed by atoms with van der Waals surface area (Å²) in [6, 6.07) is -0.608. The van der Waals surface area contributed by atoms with Gasteiger partial charge in [0.05, 0.1) is 11.9 Å². The summed E-state index contributed by atoms with van der Waals surface area (Å²) >= 11 is 0. The lowest BCUT2D eigenvalue weighted by Crippen LogP contribution is -2.43. The molecule has 0 aliphatic carbocycles. The van der Waals surface area contributed by atoms with E-state index in [1.54, 1.807) is 10.9 Å². The van der Waals surface area contributed by atoms with Crippen molar-refractivity contribution in [2.24, 2.45) is 18.7 Å². The predicted molar refractivity (Wildman–Crippen MR) is 81.8 cm³/mol. The molecule has 7 nitrogen and oxygen atoms in total. The molecular weight excluding hydrogens is 270 g/mol. The Morgan fingerprint density at radius 3 is 2.71 bits per heavy atom. The highest BCUT2D eigenvalue weighted by Gasteiger charge is 2.35. The van der Waals surface area contributed by atoms with E-state index >= 15 is 0 Å². The second-order valence-electron chi connectivity index (χ2n) is 6.60. The summed E-state index contributed by atoms with van der Waals surface area (Å²) < 4.78 is 7.11. The number of ether oxygens (including phenoxy) is 1. The molecule has 1 fully saturated rings. The number of esters is 1. The van der Waals surface area contributed by atoms with Crippen molar-refractivity contribution in [3.8, 4) is 0 Å². The van der Waals surface area contributed by atoms with Gasteiger partial charge in [-0.2, -0.15) is 5.10 Å². The monoisotopic (exact) mass is 295 g/mol. The topological polar surface area (TPSA) is 99.4 Å². The van der Waals surface area contributed by atoms with Gasteiger partial charge in [0.1, 0.15) is 17.5 Å². The first-order valence-electron chi connectivity index (χ1n) is 7.20. The van der Waals surface area contributed by atoms with Crippen molar-refractivity contribution >= 4 is 17.5 Å². The summed E-state index contributed by atoms with van der Waals surface area (Å²) in [6.07, 6.45) is 2.47. The molecule has 1 unspecified atom stereocenters. The van der Waals surface area contributed by atoms with Crippen LogP contribution < -0.4 is 16.4 Å². The fourth-order valence-corrected chi connectivity index (χ4v) is 2.67. The number of nitrogen functional groups attached to an aromatic ring is 1. The molecule has 21 heavy (non-hydrogen) atoms.